The molecule has 2 N–H and O–H groups in total. The summed E-state index contributed by atoms with van der Waals surface area (Å²) in [7, 11) is 0. The van der Waals surface area contributed by atoms with E-state index in [-0.39, 0.29) is 5.91 Å². The molecule has 4 nitrogen and oxygen atoms in total. The highest BCUT2D eigenvalue weighted by Gasteiger charge is 2.45. The number of carbonyl (C=O) groups is 1. The van der Waals surface area contributed by atoms with Crippen molar-refractivity contribution in [1.29, 1.82) is 0 Å². The van der Waals surface area contributed by atoms with E-state index in [0.717, 1.165) is 25.7 Å². The molecule has 2 aliphatic rings. The van der Waals surface area contributed by atoms with Crippen LogP contribution in [-0.4, -0.2) is 16.8 Å². The molecule has 0 saturated heterocycles. The number of nitrogens with one attached hydrogen (secondary N) is 1. The third kappa shape index (κ3) is 1.51. The zero-order valence-corrected chi connectivity index (χ0v) is 10.00. The van der Waals surface area contributed by atoms with Gasteiger partial charge in [-0.3, -0.25) is 10.0 Å². The molecule has 0 unspecified atom stereocenters. The van der Waals surface area contributed by atoms with Crippen LogP contribution in [0.4, 0.5) is 5.69 Å². The zero-order chi connectivity index (χ0) is 12.0. The molecule has 1 aliphatic heterocycles. The molecule has 0 bridgehead atoms. The zero-order valence-electron chi connectivity index (χ0n) is 9.24. The minimum Gasteiger partial charge on any atom is -0.327 e. The second-order valence-corrected chi connectivity index (χ2v) is 5.10. The van der Waals surface area contributed by atoms with Gasteiger partial charge in [0.1, 0.15) is 5.66 Å². The van der Waals surface area contributed by atoms with Crippen molar-refractivity contribution in [3.05, 3.63) is 28.8 Å². The summed E-state index contributed by atoms with van der Waals surface area (Å²) in [4.78, 5) is 12.0. The molecule has 1 aliphatic carbocycles. The Kier molecular flexibility index (Phi) is 2.31. The average molecular weight is 253 g/mol. The highest BCUT2D eigenvalue weighted by Crippen LogP contribution is 2.40. The van der Waals surface area contributed by atoms with Gasteiger partial charge in [-0.2, -0.15) is 0 Å². The van der Waals surface area contributed by atoms with Crippen molar-refractivity contribution >= 4 is 23.2 Å². The Morgan fingerprint density at radius 2 is 2.06 bits per heavy atom. The van der Waals surface area contributed by atoms with Gasteiger partial charge in [-0.05, 0) is 43.9 Å². The van der Waals surface area contributed by atoms with Crippen molar-refractivity contribution in [3.63, 3.8) is 0 Å². The summed E-state index contributed by atoms with van der Waals surface area (Å²) >= 11 is 5.92. The van der Waals surface area contributed by atoms with E-state index in [4.69, 9.17) is 11.6 Å². The van der Waals surface area contributed by atoms with Crippen molar-refractivity contribution in [2.24, 2.45) is 0 Å². The summed E-state index contributed by atoms with van der Waals surface area (Å²) in [6, 6.07) is 4.92. The highest BCUT2D eigenvalue weighted by molar-refractivity contribution is 6.31. The normalized spacial score (nSPS) is 21.5. The highest BCUT2D eigenvalue weighted by atomic mass is 35.5. The fraction of sp³-hybridized carbons (Fsp3) is 0.417. The van der Waals surface area contributed by atoms with Crippen molar-refractivity contribution in [3.8, 4) is 0 Å². The van der Waals surface area contributed by atoms with E-state index < -0.39 is 5.66 Å². The molecule has 90 valence electrons. The lowest BCUT2D eigenvalue weighted by molar-refractivity contribution is 0.0722. The van der Waals surface area contributed by atoms with Crippen LogP contribution in [-0.2, 0) is 0 Å². The molecule has 1 fully saturated rings. The number of hydrogen-bond acceptors (Lipinski definition) is 3. The lowest BCUT2D eigenvalue weighted by Crippen LogP contribution is -2.61. The van der Waals surface area contributed by atoms with Gasteiger partial charge in [0.05, 0.1) is 11.3 Å². The molecular formula is C12H13ClN2O2. The van der Waals surface area contributed by atoms with Crippen molar-refractivity contribution < 1.29 is 10.0 Å². The van der Waals surface area contributed by atoms with E-state index in [1.807, 2.05) is 0 Å². The first-order valence-corrected chi connectivity index (χ1v) is 6.11. The lowest BCUT2D eigenvalue weighted by Gasteiger charge is -2.43. The van der Waals surface area contributed by atoms with Crippen LogP contribution < -0.4 is 10.4 Å². The van der Waals surface area contributed by atoms with Gasteiger partial charge in [0, 0.05) is 5.02 Å². The fourth-order valence-electron chi connectivity index (χ4n) is 2.73. The standard InChI is InChI=1S/C12H13ClN2O2/c13-8-3-4-9-10(7-8)15(17)12(14-11(9)16)5-1-2-6-12/h3-4,7,17H,1-2,5-6H2,(H,14,16). The molecular weight excluding hydrogens is 240 g/mol. The van der Waals surface area contributed by atoms with Gasteiger partial charge in [0.2, 0.25) is 0 Å². The monoisotopic (exact) mass is 252 g/mol. The van der Waals surface area contributed by atoms with Gasteiger partial charge in [-0.25, -0.2) is 5.06 Å². The molecule has 0 radical (unpaired) electrons. The van der Waals surface area contributed by atoms with E-state index in [1.165, 1.54) is 5.06 Å². The van der Waals surface area contributed by atoms with Crippen LogP contribution in [0.5, 0.6) is 0 Å². The molecule has 5 heteroatoms. The van der Waals surface area contributed by atoms with Gasteiger partial charge in [-0.1, -0.05) is 11.6 Å². The Morgan fingerprint density at radius 3 is 2.76 bits per heavy atom. The quantitative estimate of drug-likeness (QED) is 0.746. The van der Waals surface area contributed by atoms with Gasteiger partial charge in [-0.15, -0.1) is 0 Å². The van der Waals surface area contributed by atoms with Crippen LogP contribution in [0.2, 0.25) is 5.02 Å². The summed E-state index contributed by atoms with van der Waals surface area (Å²) in [6.45, 7) is 0. The van der Waals surface area contributed by atoms with Gasteiger partial charge in [0.15, 0.2) is 0 Å². The fourth-order valence-corrected chi connectivity index (χ4v) is 2.90. The van der Waals surface area contributed by atoms with Crippen LogP contribution in [0, 0.1) is 0 Å². The number of halogens is 1. The van der Waals surface area contributed by atoms with E-state index in [1.54, 1.807) is 18.2 Å². The maximum Gasteiger partial charge on any atom is 0.255 e. The number of hydrogen-bond donors (Lipinski definition) is 2. The first-order valence-electron chi connectivity index (χ1n) is 5.74. The van der Waals surface area contributed by atoms with Gasteiger partial charge < -0.3 is 5.32 Å². The molecule has 17 heavy (non-hydrogen) atoms. The van der Waals surface area contributed by atoms with Crippen LogP contribution in [0.25, 0.3) is 0 Å². The van der Waals surface area contributed by atoms with Crippen LogP contribution in [0.3, 0.4) is 0 Å². The van der Waals surface area contributed by atoms with Crippen LogP contribution in [0.1, 0.15) is 36.0 Å². The Morgan fingerprint density at radius 1 is 1.35 bits per heavy atom. The average Bonchev–Trinajstić information content (AvgIpc) is 2.75. The maximum absolute atomic E-state index is 12.0. The second kappa shape index (κ2) is 3.62. The summed E-state index contributed by atoms with van der Waals surface area (Å²) in [6.07, 6.45) is 3.54. The Labute approximate surface area is 104 Å². The molecule has 0 atom stereocenters. The SMILES string of the molecule is O=C1NC2(CCCC2)N(O)c2cc(Cl)ccc21. The topological polar surface area (TPSA) is 52.6 Å². The third-order valence-electron chi connectivity index (χ3n) is 3.61. The molecule has 3 rings (SSSR count). The summed E-state index contributed by atoms with van der Waals surface area (Å²) in [5.74, 6) is -0.135. The maximum atomic E-state index is 12.0. The third-order valence-corrected chi connectivity index (χ3v) is 3.85. The number of amides is 1. The first kappa shape index (κ1) is 10.9. The summed E-state index contributed by atoms with van der Waals surface area (Å²) < 4.78 is 0. The minimum absolute atomic E-state index is 0.135. The number of anilines is 1. The number of benzene rings is 1. The van der Waals surface area contributed by atoms with E-state index in [9.17, 15) is 10.0 Å². The number of rotatable bonds is 0. The summed E-state index contributed by atoms with van der Waals surface area (Å²) in [5.41, 5.74) is 0.340. The van der Waals surface area contributed by atoms with Crippen molar-refractivity contribution in [2.75, 3.05) is 5.06 Å². The number of nitrogens with zero attached hydrogens (tertiary/aromatic N) is 1. The molecule has 1 spiro atoms. The van der Waals surface area contributed by atoms with E-state index in [2.05, 4.69) is 5.32 Å². The Bertz CT molecular complexity index is 483. The Balaban J connectivity index is 2.12. The predicted octanol–water partition coefficient (Wildman–Crippen LogP) is 2.55. The van der Waals surface area contributed by atoms with Crippen molar-refractivity contribution in [1.82, 2.24) is 5.32 Å². The van der Waals surface area contributed by atoms with Crippen LogP contribution in [0.15, 0.2) is 18.2 Å². The first-order chi connectivity index (χ1) is 8.12. The molecule has 1 saturated carbocycles. The van der Waals surface area contributed by atoms with E-state index >= 15 is 0 Å². The molecule has 0 aromatic heterocycles. The number of carbonyl (C=O) groups excluding carboxylic acids is 1. The van der Waals surface area contributed by atoms with Crippen molar-refractivity contribution in [2.45, 2.75) is 31.3 Å². The second-order valence-electron chi connectivity index (χ2n) is 4.67. The molecule has 1 amide bonds. The smallest absolute Gasteiger partial charge is 0.255 e. The number of hydroxylamine groups is 1. The predicted molar refractivity (Wildman–Crippen MR) is 64.4 cm³/mol. The van der Waals surface area contributed by atoms with Gasteiger partial charge in [0.25, 0.3) is 5.91 Å². The molecule has 1 heterocycles. The Hall–Kier alpha value is -1.26. The molecule has 1 aromatic rings. The minimum atomic E-state index is -0.630. The van der Waals surface area contributed by atoms with E-state index in [0.29, 0.717) is 16.3 Å². The summed E-state index contributed by atoms with van der Waals surface area (Å²) in [5, 5.41) is 14.9. The largest absolute Gasteiger partial charge is 0.327 e. The van der Waals surface area contributed by atoms with Gasteiger partial charge >= 0.3 is 0 Å². The van der Waals surface area contributed by atoms with Crippen LogP contribution >= 0.6 is 11.6 Å². The number of fused-ring (bicyclic) bond motifs is 1. The molecule has 1 aromatic carbocycles. The lowest BCUT2D eigenvalue weighted by atomic mass is 10.00.